The van der Waals surface area contributed by atoms with E-state index in [0.29, 0.717) is 34.2 Å². The summed E-state index contributed by atoms with van der Waals surface area (Å²) in [6, 6.07) is 0. The van der Waals surface area contributed by atoms with Crippen LogP contribution in [0.4, 0.5) is 0 Å². The maximum Gasteiger partial charge on any atom is 0.293 e. The van der Waals surface area contributed by atoms with Gasteiger partial charge in [-0.05, 0) is 0 Å². The van der Waals surface area contributed by atoms with Gasteiger partial charge in [0.15, 0.2) is 11.6 Å². The number of allylic oxidation sites excluding steroid dienone is 4. The molecule has 0 N–H and O–H groups in total. The van der Waals surface area contributed by atoms with Crippen molar-refractivity contribution >= 4 is 47.3 Å². The fourth-order valence-corrected chi connectivity index (χ4v) is 3.31. The number of ether oxygens (including phenoxy) is 1. The van der Waals surface area contributed by atoms with Crippen LogP contribution in [0.1, 0.15) is 27.2 Å². The van der Waals surface area contributed by atoms with E-state index in [0.717, 1.165) is 0 Å². The summed E-state index contributed by atoms with van der Waals surface area (Å²) in [5, 5.41) is 0. The van der Waals surface area contributed by atoms with Crippen LogP contribution in [-0.2, 0) is 23.9 Å². The molecule has 0 unspecified atom stereocenters. The molecule has 1 aliphatic rings. The number of carbonyl (C=O) groups is 4. The van der Waals surface area contributed by atoms with Crippen LogP contribution in [-0.4, -0.2) is 41.9 Å². The lowest BCUT2D eigenvalue weighted by molar-refractivity contribution is -0.128. The van der Waals surface area contributed by atoms with E-state index in [9.17, 15) is 19.2 Å². The molecule has 0 aromatic heterocycles. The quantitative estimate of drug-likeness (QED) is 0.357. The first kappa shape index (κ1) is 19.7. The zero-order chi connectivity index (χ0) is 17.5. The van der Waals surface area contributed by atoms with Crippen molar-refractivity contribution in [1.29, 1.82) is 0 Å². The van der Waals surface area contributed by atoms with E-state index < -0.39 is 5.41 Å². The minimum Gasteiger partial charge on any atom is -0.467 e. The zero-order valence-corrected chi connectivity index (χ0v) is 15.1. The molecule has 0 aliphatic heterocycles. The molecular weight excluding hydrogens is 336 g/mol. The molecular formula is C16H20O5S2. The molecule has 0 heterocycles. The number of Topliss-reactive ketones (excluding diaryl/α,β-unsaturated/α-hetero) is 1. The number of rotatable bonds is 9. The minimum absolute atomic E-state index is 0.127. The molecule has 0 atom stereocenters. The number of thioether (sulfide) groups is 2. The van der Waals surface area contributed by atoms with Gasteiger partial charge in [-0.15, -0.1) is 23.5 Å². The maximum atomic E-state index is 12.0. The molecule has 1 rings (SSSR count). The topological polar surface area (TPSA) is 77.5 Å². The lowest BCUT2D eigenvalue weighted by Gasteiger charge is -2.16. The number of carbonyl (C=O) groups excluding carboxylic acids is 4. The second kappa shape index (κ2) is 9.08. The number of hydrogen-bond acceptors (Lipinski definition) is 7. The monoisotopic (exact) mass is 356 g/mol. The molecule has 1 aliphatic carbocycles. The van der Waals surface area contributed by atoms with Crippen molar-refractivity contribution in [3.8, 4) is 0 Å². The molecule has 0 radical (unpaired) electrons. The van der Waals surface area contributed by atoms with Crippen LogP contribution in [0.2, 0.25) is 0 Å². The van der Waals surface area contributed by atoms with Crippen molar-refractivity contribution in [2.45, 2.75) is 27.2 Å². The minimum atomic E-state index is -0.394. The van der Waals surface area contributed by atoms with Crippen LogP contribution in [0, 0.1) is 5.41 Å². The first-order valence-electron chi connectivity index (χ1n) is 7.12. The molecule has 7 heteroatoms. The third-order valence-corrected chi connectivity index (χ3v) is 5.00. The second-order valence-corrected chi connectivity index (χ2v) is 8.11. The molecule has 0 fully saturated rings. The molecule has 0 spiro atoms. The van der Waals surface area contributed by atoms with E-state index >= 15 is 0 Å². The Morgan fingerprint density at radius 2 is 1.61 bits per heavy atom. The predicted molar refractivity (Wildman–Crippen MR) is 92.2 cm³/mol. The highest BCUT2D eigenvalue weighted by Crippen LogP contribution is 2.29. The Bertz CT molecular complexity index is 555. The third kappa shape index (κ3) is 6.74. The van der Waals surface area contributed by atoms with Crippen molar-refractivity contribution in [3.63, 3.8) is 0 Å². The molecule has 0 aromatic carbocycles. The van der Waals surface area contributed by atoms with Gasteiger partial charge in [0.1, 0.15) is 12.4 Å². The molecule has 126 valence electrons. The maximum absolute atomic E-state index is 12.0. The molecule has 5 nitrogen and oxygen atoms in total. The molecule has 0 saturated carbocycles. The van der Waals surface area contributed by atoms with Crippen molar-refractivity contribution in [3.05, 3.63) is 22.0 Å². The number of ketones is 3. The standard InChI is InChI=1S/C16H20O5S2/c1-16(2,3)15(20)4-6-22-13-8-12(19)14(9-11(13)18)23-7-5-21-10-17/h8-10H,4-7H2,1-3H3. The summed E-state index contributed by atoms with van der Waals surface area (Å²) in [6.07, 6.45) is 2.99. The molecule has 0 amide bonds. The molecule has 0 bridgehead atoms. The SMILES string of the molecule is CC(C)(C)C(=O)CCSC1=CC(=O)C(SCCOC=O)=CC1=O. The van der Waals surface area contributed by atoms with Gasteiger partial charge in [0, 0.05) is 35.5 Å². The van der Waals surface area contributed by atoms with E-state index in [1.807, 2.05) is 20.8 Å². The molecule has 0 saturated heterocycles. The zero-order valence-electron chi connectivity index (χ0n) is 13.4. The van der Waals surface area contributed by atoms with Gasteiger partial charge in [-0.3, -0.25) is 19.2 Å². The highest BCUT2D eigenvalue weighted by Gasteiger charge is 2.23. The summed E-state index contributed by atoms with van der Waals surface area (Å²) in [6.45, 7) is 6.10. The lowest BCUT2D eigenvalue weighted by atomic mass is 9.89. The Morgan fingerprint density at radius 1 is 1.09 bits per heavy atom. The van der Waals surface area contributed by atoms with Crippen LogP contribution in [0.25, 0.3) is 0 Å². The van der Waals surface area contributed by atoms with E-state index in [2.05, 4.69) is 4.74 Å². The third-order valence-electron chi connectivity index (χ3n) is 2.96. The Balaban J connectivity index is 2.48. The van der Waals surface area contributed by atoms with Crippen LogP contribution < -0.4 is 0 Å². The summed E-state index contributed by atoms with van der Waals surface area (Å²) in [7, 11) is 0. The largest absolute Gasteiger partial charge is 0.467 e. The highest BCUT2D eigenvalue weighted by molar-refractivity contribution is 8.04. The van der Waals surface area contributed by atoms with Crippen molar-refractivity contribution in [2.75, 3.05) is 18.1 Å². The fourth-order valence-electron chi connectivity index (χ4n) is 1.62. The highest BCUT2D eigenvalue weighted by atomic mass is 32.2. The van der Waals surface area contributed by atoms with Crippen LogP contribution >= 0.6 is 23.5 Å². The Labute approximate surface area is 144 Å². The summed E-state index contributed by atoms with van der Waals surface area (Å²) < 4.78 is 4.53. The van der Waals surface area contributed by atoms with Gasteiger partial charge >= 0.3 is 0 Å². The first-order valence-corrected chi connectivity index (χ1v) is 9.09. The van der Waals surface area contributed by atoms with E-state index in [-0.39, 0.29) is 24.0 Å². The summed E-state index contributed by atoms with van der Waals surface area (Å²) in [5.74, 6) is 0.564. The van der Waals surface area contributed by atoms with Crippen LogP contribution in [0.5, 0.6) is 0 Å². The van der Waals surface area contributed by atoms with Crippen molar-refractivity contribution in [1.82, 2.24) is 0 Å². The average Bonchev–Trinajstić information content (AvgIpc) is 2.46. The van der Waals surface area contributed by atoms with Gasteiger partial charge in [-0.1, -0.05) is 20.8 Å². The van der Waals surface area contributed by atoms with Gasteiger partial charge in [0.25, 0.3) is 6.47 Å². The van der Waals surface area contributed by atoms with E-state index in [4.69, 9.17) is 0 Å². The Kier molecular flexibility index (Phi) is 7.78. The predicted octanol–water partition coefficient (Wildman–Crippen LogP) is 2.55. The summed E-state index contributed by atoms with van der Waals surface area (Å²) >= 11 is 2.41. The van der Waals surface area contributed by atoms with Gasteiger partial charge < -0.3 is 4.74 Å². The Hall–Kier alpha value is -1.34. The van der Waals surface area contributed by atoms with E-state index in [1.54, 1.807) is 0 Å². The molecule has 0 aromatic rings. The van der Waals surface area contributed by atoms with Crippen LogP contribution in [0.15, 0.2) is 22.0 Å². The normalized spacial score (nSPS) is 15.1. The van der Waals surface area contributed by atoms with E-state index in [1.165, 1.54) is 35.7 Å². The summed E-state index contributed by atoms with van der Waals surface area (Å²) in [5.41, 5.74) is -0.394. The average molecular weight is 356 g/mol. The van der Waals surface area contributed by atoms with Crippen molar-refractivity contribution in [2.24, 2.45) is 5.41 Å². The van der Waals surface area contributed by atoms with Gasteiger partial charge in [0.05, 0.1) is 9.81 Å². The summed E-state index contributed by atoms with van der Waals surface area (Å²) in [4.78, 5) is 46.5. The van der Waals surface area contributed by atoms with Crippen LogP contribution in [0.3, 0.4) is 0 Å². The molecule has 23 heavy (non-hydrogen) atoms. The second-order valence-electron chi connectivity index (χ2n) is 5.83. The Morgan fingerprint density at radius 3 is 2.09 bits per heavy atom. The van der Waals surface area contributed by atoms with Gasteiger partial charge in [0.2, 0.25) is 0 Å². The first-order chi connectivity index (χ1) is 10.8. The van der Waals surface area contributed by atoms with Crippen molar-refractivity contribution < 1.29 is 23.9 Å². The van der Waals surface area contributed by atoms with Gasteiger partial charge in [-0.25, -0.2) is 0 Å². The van der Waals surface area contributed by atoms with Gasteiger partial charge in [-0.2, -0.15) is 0 Å². The number of hydrogen-bond donors (Lipinski definition) is 0. The lowest BCUT2D eigenvalue weighted by Crippen LogP contribution is -2.20. The fraction of sp³-hybridized carbons (Fsp3) is 0.500. The smallest absolute Gasteiger partial charge is 0.293 e.